The van der Waals surface area contributed by atoms with Crippen LogP contribution in [0.5, 0.6) is 5.75 Å². The van der Waals surface area contributed by atoms with Gasteiger partial charge in [-0.3, -0.25) is 0 Å². The molecule has 6 nitrogen and oxygen atoms in total. The van der Waals surface area contributed by atoms with E-state index in [1.54, 1.807) is 0 Å². The molecule has 0 aliphatic carbocycles. The zero-order valence-corrected chi connectivity index (χ0v) is 58.1. The Morgan fingerprint density at radius 1 is 0.210 bits per heavy atom. The first-order valence-electron chi connectivity index (χ1n) is 35.0. The highest BCUT2D eigenvalue weighted by Gasteiger charge is 2.20. The van der Waals surface area contributed by atoms with Crippen LogP contribution >= 0.6 is 15.9 Å². The summed E-state index contributed by atoms with van der Waals surface area (Å²) in [7, 11) is 0.712. The van der Waals surface area contributed by atoms with E-state index in [0.717, 1.165) is 43.3 Å². The van der Waals surface area contributed by atoms with E-state index >= 15 is 0 Å². The van der Waals surface area contributed by atoms with Crippen LogP contribution in [0.15, 0.2) is 393 Å². The van der Waals surface area contributed by atoms with Crippen LogP contribution in [-0.2, 0) is 0 Å². The minimum absolute atomic E-state index is 0. The second-order valence-electron chi connectivity index (χ2n) is 26.1. The molecule has 0 aliphatic rings. The Morgan fingerprint density at radius 2 is 0.457 bits per heavy atom. The van der Waals surface area contributed by atoms with Crippen molar-refractivity contribution in [1.29, 1.82) is 0 Å². The molecule has 0 saturated carbocycles. The molecule has 8 heteroatoms. The number of aromatic nitrogens is 4. The summed E-state index contributed by atoms with van der Waals surface area (Å²) in [6.45, 7) is 0. The van der Waals surface area contributed by atoms with E-state index in [0.29, 0.717) is 13.4 Å². The first-order valence-corrected chi connectivity index (χ1v) is 35.8. The molecule has 105 heavy (non-hydrogen) atoms. The van der Waals surface area contributed by atoms with Gasteiger partial charge in [0.05, 0.1) is 44.1 Å². The Balaban J connectivity index is 0.000000126. The molecule has 0 fully saturated rings. The number of nitrogens with zero attached hydrogens (tertiary/aromatic N) is 4. The SMILES string of the molecule is Brc1ccc2c(c1)c1ccccc1n2-c1cccc(-c2ccccc2)c1.C.O[B]Oc1ccc2c(c1)c1ccccc1n2-c1cccc(-c2ccccc2)c1.c1ccc(-c2cccc(-n3c4ccccc4c4cc(-c5ccc6c(c5)c5ccccc5n6-c5cccc(-c6ccccc6)c5)ccc43)c2)cc1. The summed E-state index contributed by atoms with van der Waals surface area (Å²) in [5.74, 6) is 0.607. The number of rotatable bonds is 11. The summed E-state index contributed by atoms with van der Waals surface area (Å²) in [6, 6.07) is 138. The number of hydrogen-bond donors (Lipinski definition) is 1. The van der Waals surface area contributed by atoms with E-state index in [1.807, 2.05) is 30.3 Å². The monoisotopic (exact) mass is 1410 g/mol. The minimum atomic E-state index is 0. The average Bonchev–Trinajstić information content (AvgIpc) is 1.61. The van der Waals surface area contributed by atoms with Gasteiger partial charge in [-0.1, -0.05) is 278 Å². The van der Waals surface area contributed by atoms with Crippen molar-refractivity contribution >= 4 is 111 Å². The Kier molecular flexibility index (Phi) is 17.7. The summed E-state index contributed by atoms with van der Waals surface area (Å²) < 4.78 is 15.7. The standard InChI is InChI=1S/C48H32N2.C24H17BNO2.C24H16BrN.CH4/c1-3-13-33(14-4-1)35-17-11-19-39(29-35)49-45-23-9-7-21-41(45)43-31-37(25-27-47(43)49)38-26-28-48-44(32-38)42-22-8-10-24-46(42)50(48)40-20-12-18-36(30-40)34-15-5-2-6-16-34;27-25-28-20-13-14-24-22(16-20)21-11-4-5-12-23(21)26(24)19-10-6-9-18(15-19)17-7-2-1-3-8-17;25-19-13-14-24-22(16-19)21-11-4-5-12-23(21)26(24)20-10-6-9-18(15-20)17-7-2-1-3-8-17;/h1-32H;1-16,27H;1-16H;1H4. The summed E-state index contributed by atoms with van der Waals surface area (Å²) in [4.78, 5) is 0. The molecule has 20 rings (SSSR count). The number of halogens is 1. The van der Waals surface area contributed by atoms with E-state index in [4.69, 9.17) is 9.68 Å². The van der Waals surface area contributed by atoms with Crippen molar-refractivity contribution in [2.75, 3.05) is 0 Å². The van der Waals surface area contributed by atoms with Crippen molar-refractivity contribution in [1.82, 2.24) is 18.3 Å². The summed E-state index contributed by atoms with van der Waals surface area (Å²) in [6.07, 6.45) is 0. The van der Waals surface area contributed by atoms with Gasteiger partial charge in [0, 0.05) is 70.3 Å². The van der Waals surface area contributed by atoms with Gasteiger partial charge in [0.1, 0.15) is 5.75 Å². The van der Waals surface area contributed by atoms with Crippen LogP contribution in [0.25, 0.3) is 166 Å². The first kappa shape index (κ1) is 65.3. The third-order valence-electron chi connectivity index (χ3n) is 20.0. The fourth-order valence-electron chi connectivity index (χ4n) is 15.3. The highest BCUT2D eigenvalue weighted by Crippen LogP contribution is 2.42. The lowest BCUT2D eigenvalue weighted by atomic mass is 10.0. The van der Waals surface area contributed by atoms with Gasteiger partial charge < -0.3 is 27.9 Å². The molecule has 499 valence electrons. The van der Waals surface area contributed by atoms with E-state index in [1.165, 1.54) is 127 Å². The zero-order chi connectivity index (χ0) is 69.5. The van der Waals surface area contributed by atoms with Crippen molar-refractivity contribution in [3.63, 3.8) is 0 Å². The van der Waals surface area contributed by atoms with Crippen LogP contribution in [0.1, 0.15) is 7.43 Å². The molecular weight excluding hydrogens is 1340 g/mol. The molecule has 0 bridgehead atoms. The van der Waals surface area contributed by atoms with Crippen molar-refractivity contribution in [2.24, 2.45) is 0 Å². The largest absolute Gasteiger partial charge is 0.569 e. The molecule has 0 aliphatic heterocycles. The molecule has 0 spiro atoms. The molecule has 0 unspecified atom stereocenters. The van der Waals surface area contributed by atoms with Gasteiger partial charge in [-0.15, -0.1) is 0 Å². The first-order chi connectivity index (χ1) is 51.5. The Hall–Kier alpha value is -13.0. The summed E-state index contributed by atoms with van der Waals surface area (Å²) >= 11 is 3.62. The normalized spacial score (nSPS) is 11.3. The summed E-state index contributed by atoms with van der Waals surface area (Å²) in [5.41, 5.74) is 26.2. The molecule has 20 aromatic rings. The lowest BCUT2D eigenvalue weighted by Crippen LogP contribution is -1.99. The second-order valence-corrected chi connectivity index (χ2v) is 27.0. The third-order valence-corrected chi connectivity index (χ3v) is 20.5. The van der Waals surface area contributed by atoms with Crippen molar-refractivity contribution < 1.29 is 9.68 Å². The summed E-state index contributed by atoms with van der Waals surface area (Å²) in [5, 5.41) is 18.8. The van der Waals surface area contributed by atoms with Gasteiger partial charge in [-0.2, -0.15) is 0 Å². The maximum absolute atomic E-state index is 8.97. The fraction of sp³-hybridized carbons (Fsp3) is 0.0103. The molecule has 0 atom stereocenters. The number of para-hydroxylation sites is 4. The topological polar surface area (TPSA) is 49.2 Å². The van der Waals surface area contributed by atoms with Gasteiger partial charge in [0.2, 0.25) is 0 Å². The Bertz CT molecular complexity index is 6380. The van der Waals surface area contributed by atoms with Gasteiger partial charge in [-0.05, 0) is 189 Å². The van der Waals surface area contributed by atoms with Crippen LogP contribution in [-0.4, -0.2) is 31.0 Å². The van der Waals surface area contributed by atoms with Crippen molar-refractivity contribution in [3.8, 4) is 84.1 Å². The predicted octanol–water partition coefficient (Wildman–Crippen LogP) is 26.1. The Morgan fingerprint density at radius 3 is 0.781 bits per heavy atom. The lowest BCUT2D eigenvalue weighted by molar-refractivity contribution is 0.454. The number of fused-ring (bicyclic) bond motifs is 12. The average molecular weight is 1410 g/mol. The third kappa shape index (κ3) is 12.3. The number of hydrogen-bond acceptors (Lipinski definition) is 2. The van der Waals surface area contributed by atoms with Crippen molar-refractivity contribution in [2.45, 2.75) is 7.43 Å². The maximum atomic E-state index is 8.97. The van der Waals surface area contributed by atoms with Crippen LogP contribution < -0.4 is 4.65 Å². The van der Waals surface area contributed by atoms with Gasteiger partial charge in [0.15, 0.2) is 0 Å². The number of benzene rings is 16. The highest BCUT2D eigenvalue weighted by molar-refractivity contribution is 9.10. The fourth-order valence-corrected chi connectivity index (χ4v) is 15.6. The quantitative estimate of drug-likeness (QED) is 0.131. The molecule has 4 heterocycles. The van der Waals surface area contributed by atoms with Gasteiger partial charge in [-0.25, -0.2) is 0 Å². The van der Waals surface area contributed by atoms with E-state index in [-0.39, 0.29) is 7.43 Å². The van der Waals surface area contributed by atoms with Crippen LogP contribution in [0.2, 0.25) is 0 Å². The van der Waals surface area contributed by atoms with Gasteiger partial charge in [0.25, 0.3) is 0 Å². The predicted molar refractivity (Wildman–Crippen MR) is 447 cm³/mol. The maximum Gasteiger partial charge on any atom is 0.569 e. The smallest absolute Gasteiger partial charge is 0.537 e. The molecular formula is C97H69BBrN4O2. The second kappa shape index (κ2) is 28.5. The lowest BCUT2D eigenvalue weighted by Gasteiger charge is -2.11. The van der Waals surface area contributed by atoms with E-state index in [9.17, 15) is 0 Å². The molecule has 4 aromatic heterocycles. The molecule has 0 amide bonds. The van der Waals surface area contributed by atoms with Crippen LogP contribution in [0, 0.1) is 0 Å². The minimum Gasteiger partial charge on any atom is -0.537 e. The molecule has 0 saturated heterocycles. The van der Waals surface area contributed by atoms with Crippen LogP contribution in [0.3, 0.4) is 0 Å². The van der Waals surface area contributed by atoms with Crippen LogP contribution in [0.4, 0.5) is 0 Å². The molecule has 1 N–H and O–H groups in total. The Labute approximate surface area is 618 Å². The van der Waals surface area contributed by atoms with Crippen molar-refractivity contribution in [3.05, 3.63) is 393 Å². The molecule has 16 aromatic carbocycles. The molecule has 1 radical (unpaired) electrons. The van der Waals surface area contributed by atoms with E-state index in [2.05, 4.69) is 392 Å². The highest BCUT2D eigenvalue weighted by atomic mass is 79.9. The zero-order valence-electron chi connectivity index (χ0n) is 56.6. The van der Waals surface area contributed by atoms with E-state index < -0.39 is 0 Å². The van der Waals surface area contributed by atoms with Gasteiger partial charge >= 0.3 is 7.69 Å².